The number of hydrogen-bond donors (Lipinski definition) is 0. The molecule has 0 N–H and O–H groups in total. The van der Waals surface area contributed by atoms with Crippen LogP contribution in [0.5, 0.6) is 0 Å². The highest BCUT2D eigenvalue weighted by molar-refractivity contribution is 7.95. The Kier molecular flexibility index (Phi) is 7.14. The number of rotatable bonds is 5. The highest BCUT2D eigenvalue weighted by atomic mass is 31.2. The summed E-state index contributed by atoms with van der Waals surface area (Å²) in [5, 5.41) is 12.3. The van der Waals surface area contributed by atoms with Crippen molar-refractivity contribution in [2.45, 2.75) is 0 Å². The fourth-order valence-electron chi connectivity index (χ4n) is 2.91. The lowest BCUT2D eigenvalue weighted by molar-refractivity contribution is -0.325. The maximum Gasteiger partial charge on any atom is 0.170 e. The smallest absolute Gasteiger partial charge is 0.170 e. The van der Waals surface area contributed by atoms with Crippen molar-refractivity contribution in [1.29, 1.82) is 0 Å². The lowest BCUT2D eigenvalue weighted by atomic mass is 10.4. The summed E-state index contributed by atoms with van der Waals surface area (Å²) in [7, 11) is 0.770. The zero-order chi connectivity index (χ0) is 17.3. The zero-order valence-corrected chi connectivity index (χ0v) is 15.0. The van der Waals surface area contributed by atoms with E-state index in [9.17, 15) is 0 Å². The minimum absolute atomic E-state index is 0.713. The highest BCUT2D eigenvalue weighted by Gasteiger charge is 2.45. The van der Waals surface area contributed by atoms with Gasteiger partial charge < -0.3 is 9.84 Å². The standard InChI is InChI=1S/C20H20OP.CH3O/c1-21-17-22(18-11-5-2-6-12-18,19-13-7-3-8-14-19)20-15-9-4-10-16-20;1-2/h2-16H,17H2,1H3;1H3/q+1;-1. The number of methoxy groups -OCH3 is 1. The van der Waals surface area contributed by atoms with Crippen molar-refractivity contribution in [3.63, 3.8) is 0 Å². The lowest BCUT2D eigenvalue weighted by Crippen LogP contribution is -2.33. The molecule has 0 radical (unpaired) electrons. The Morgan fingerprint density at radius 1 is 0.625 bits per heavy atom. The molecule has 3 rings (SSSR count). The molecule has 0 aliphatic rings. The zero-order valence-electron chi connectivity index (χ0n) is 14.1. The third-order valence-electron chi connectivity index (χ3n) is 3.91. The van der Waals surface area contributed by atoms with E-state index in [0.717, 1.165) is 7.11 Å². The molecule has 0 saturated carbocycles. The molecule has 0 spiro atoms. The first kappa shape index (κ1) is 18.4. The van der Waals surface area contributed by atoms with Gasteiger partial charge in [0, 0.05) is 7.11 Å². The van der Waals surface area contributed by atoms with Crippen LogP contribution in [-0.4, -0.2) is 20.6 Å². The fraction of sp³-hybridized carbons (Fsp3) is 0.143. The Hall–Kier alpha value is -1.99. The van der Waals surface area contributed by atoms with Gasteiger partial charge in [0.1, 0.15) is 23.2 Å². The van der Waals surface area contributed by atoms with E-state index < -0.39 is 7.26 Å². The summed E-state index contributed by atoms with van der Waals surface area (Å²) in [5.41, 5.74) is 0. The van der Waals surface area contributed by atoms with Crippen LogP contribution in [0.1, 0.15) is 0 Å². The van der Waals surface area contributed by atoms with E-state index in [1.807, 2.05) is 0 Å². The summed E-state index contributed by atoms with van der Waals surface area (Å²) in [6.45, 7) is 0. The summed E-state index contributed by atoms with van der Waals surface area (Å²) in [4.78, 5) is 0. The Morgan fingerprint density at radius 2 is 0.917 bits per heavy atom. The molecule has 0 amide bonds. The molecule has 3 aromatic rings. The average molecular weight is 338 g/mol. The van der Waals surface area contributed by atoms with Crippen LogP contribution < -0.4 is 21.0 Å². The van der Waals surface area contributed by atoms with Crippen LogP contribution >= 0.6 is 7.26 Å². The Bertz CT molecular complexity index is 603. The van der Waals surface area contributed by atoms with Crippen molar-refractivity contribution in [1.82, 2.24) is 0 Å². The second-order valence-electron chi connectivity index (χ2n) is 5.23. The summed E-state index contributed by atoms with van der Waals surface area (Å²) >= 11 is 0. The maximum atomic E-state index is 8.25. The van der Waals surface area contributed by atoms with E-state index in [-0.39, 0.29) is 0 Å². The van der Waals surface area contributed by atoms with Gasteiger partial charge in [-0.05, 0) is 36.4 Å². The molecule has 124 valence electrons. The minimum atomic E-state index is -1.78. The SMILES string of the molecule is COC[P+](c1ccccc1)(c1ccccc1)c1ccccc1.C[O-]. The first-order valence-electron chi connectivity index (χ1n) is 7.82. The quantitative estimate of drug-likeness (QED) is 0.670. The molecule has 3 aromatic carbocycles. The molecule has 0 bridgehead atoms. The van der Waals surface area contributed by atoms with Gasteiger partial charge in [0.15, 0.2) is 6.35 Å². The first-order chi connectivity index (χ1) is 11.9. The van der Waals surface area contributed by atoms with Crippen LogP contribution in [0.25, 0.3) is 0 Å². The van der Waals surface area contributed by atoms with Crippen molar-refractivity contribution in [2.24, 2.45) is 0 Å². The van der Waals surface area contributed by atoms with E-state index >= 15 is 0 Å². The molecule has 0 atom stereocenters. The van der Waals surface area contributed by atoms with Crippen molar-refractivity contribution in [3.05, 3.63) is 91.0 Å². The topological polar surface area (TPSA) is 32.3 Å². The van der Waals surface area contributed by atoms with Crippen molar-refractivity contribution in [3.8, 4) is 0 Å². The maximum absolute atomic E-state index is 8.25. The summed E-state index contributed by atoms with van der Waals surface area (Å²) in [5.74, 6) is 0. The predicted octanol–water partition coefficient (Wildman–Crippen LogP) is 2.56. The van der Waals surface area contributed by atoms with Gasteiger partial charge >= 0.3 is 0 Å². The van der Waals surface area contributed by atoms with Crippen molar-refractivity contribution in [2.75, 3.05) is 20.6 Å². The predicted molar refractivity (Wildman–Crippen MR) is 103 cm³/mol. The number of benzene rings is 3. The number of ether oxygens (including phenoxy) is 1. The molecule has 24 heavy (non-hydrogen) atoms. The third-order valence-corrected chi connectivity index (χ3v) is 8.10. The van der Waals surface area contributed by atoms with Gasteiger partial charge in [0.05, 0.1) is 0 Å². The number of hydrogen-bond acceptors (Lipinski definition) is 2. The average Bonchev–Trinajstić information content (AvgIpc) is 2.70. The van der Waals surface area contributed by atoms with Gasteiger partial charge in [-0.2, -0.15) is 7.11 Å². The molecule has 0 heterocycles. The van der Waals surface area contributed by atoms with E-state index in [1.54, 1.807) is 7.11 Å². The van der Waals surface area contributed by atoms with Gasteiger partial charge in [0.25, 0.3) is 0 Å². The van der Waals surface area contributed by atoms with Gasteiger partial charge in [0.2, 0.25) is 0 Å². The highest BCUT2D eigenvalue weighted by Crippen LogP contribution is 2.54. The second kappa shape index (κ2) is 9.34. The van der Waals surface area contributed by atoms with Crippen LogP contribution in [0, 0.1) is 0 Å². The van der Waals surface area contributed by atoms with Gasteiger partial charge in [-0.25, -0.2) is 0 Å². The summed E-state index contributed by atoms with van der Waals surface area (Å²) < 4.78 is 5.72. The van der Waals surface area contributed by atoms with E-state index in [1.165, 1.54) is 15.9 Å². The van der Waals surface area contributed by atoms with Gasteiger partial charge in [-0.3, -0.25) is 0 Å². The normalized spacial score (nSPS) is 10.6. The lowest BCUT2D eigenvalue weighted by Gasteiger charge is -2.26. The van der Waals surface area contributed by atoms with Crippen molar-refractivity contribution < 1.29 is 9.84 Å². The first-order valence-corrected chi connectivity index (χ1v) is 9.80. The molecule has 0 fully saturated rings. The molecule has 0 aliphatic carbocycles. The van der Waals surface area contributed by atoms with E-state index in [2.05, 4.69) is 91.0 Å². The third kappa shape index (κ3) is 3.73. The van der Waals surface area contributed by atoms with Crippen LogP contribution in [0.4, 0.5) is 0 Å². The molecular weight excluding hydrogens is 315 g/mol. The van der Waals surface area contributed by atoms with Crippen molar-refractivity contribution >= 4 is 23.2 Å². The molecule has 0 unspecified atom stereocenters. The van der Waals surface area contributed by atoms with E-state index in [0.29, 0.717) is 6.35 Å². The second-order valence-corrected chi connectivity index (χ2v) is 8.66. The molecule has 2 nitrogen and oxygen atoms in total. The van der Waals surface area contributed by atoms with Gasteiger partial charge in [-0.15, -0.1) is 0 Å². The Labute approximate surface area is 145 Å². The van der Waals surface area contributed by atoms with Crippen LogP contribution in [0.3, 0.4) is 0 Å². The molecule has 0 aromatic heterocycles. The van der Waals surface area contributed by atoms with E-state index in [4.69, 9.17) is 9.84 Å². The molecule has 0 aliphatic heterocycles. The monoisotopic (exact) mass is 338 g/mol. The Balaban J connectivity index is 0.00000100. The molecule has 3 heteroatoms. The molecular formula is C21H23O2P. The minimum Gasteiger partial charge on any atom is -0.857 e. The largest absolute Gasteiger partial charge is 0.857 e. The summed E-state index contributed by atoms with van der Waals surface area (Å²) in [6.07, 6.45) is 0.713. The molecule has 0 saturated heterocycles. The van der Waals surface area contributed by atoms with Gasteiger partial charge in [-0.1, -0.05) is 54.6 Å². The van der Waals surface area contributed by atoms with Crippen LogP contribution in [0.2, 0.25) is 0 Å². The summed E-state index contributed by atoms with van der Waals surface area (Å²) in [6, 6.07) is 32.3. The Morgan fingerprint density at radius 3 is 1.17 bits per heavy atom. The van der Waals surface area contributed by atoms with Crippen LogP contribution in [0.15, 0.2) is 91.0 Å². The fourth-order valence-corrected chi connectivity index (χ4v) is 6.68. The van der Waals surface area contributed by atoms with Crippen LogP contribution in [-0.2, 0) is 4.74 Å².